The van der Waals surface area contributed by atoms with E-state index in [0.717, 1.165) is 12.8 Å². The summed E-state index contributed by atoms with van der Waals surface area (Å²) in [7, 11) is 0. The van der Waals surface area contributed by atoms with Gasteiger partial charge in [0, 0.05) is 37.3 Å². The van der Waals surface area contributed by atoms with E-state index >= 15 is 0 Å². The number of likely N-dealkylation sites (tertiary alicyclic amines) is 1. The van der Waals surface area contributed by atoms with E-state index in [4.69, 9.17) is 5.11 Å². The maximum atomic E-state index is 12.4. The van der Waals surface area contributed by atoms with Gasteiger partial charge in [-0.05, 0) is 30.7 Å². The molecule has 21 heavy (non-hydrogen) atoms. The highest BCUT2D eigenvalue weighted by molar-refractivity contribution is 5.94. The van der Waals surface area contributed by atoms with Crippen molar-refractivity contribution in [3.63, 3.8) is 0 Å². The van der Waals surface area contributed by atoms with Crippen LogP contribution in [-0.2, 0) is 4.79 Å². The van der Waals surface area contributed by atoms with Crippen LogP contribution >= 0.6 is 0 Å². The summed E-state index contributed by atoms with van der Waals surface area (Å²) in [5.74, 6) is -0.730. The molecule has 0 saturated carbocycles. The van der Waals surface area contributed by atoms with Gasteiger partial charge in [-0.1, -0.05) is 6.92 Å². The summed E-state index contributed by atoms with van der Waals surface area (Å²) >= 11 is 0. The molecule has 2 heterocycles. The minimum atomic E-state index is -0.805. The second kappa shape index (κ2) is 6.56. The van der Waals surface area contributed by atoms with Gasteiger partial charge in [0.05, 0.1) is 0 Å². The molecule has 1 saturated heterocycles. The standard InChI is InChI=1S/C15H20N2O4/c1-10(7-14(19)20)12-3-2-6-17(9-12)15(21)11-4-5-16-13(18)8-11/h4-5,8,10,12H,2-3,6-7,9H2,1H3,(H,16,18)(H,19,20). The lowest BCUT2D eigenvalue weighted by molar-refractivity contribution is -0.138. The summed E-state index contributed by atoms with van der Waals surface area (Å²) in [5.41, 5.74) is 0.0824. The topological polar surface area (TPSA) is 90.5 Å². The molecule has 2 atom stereocenters. The number of aromatic nitrogens is 1. The second-order valence-electron chi connectivity index (χ2n) is 5.67. The Morgan fingerprint density at radius 1 is 1.52 bits per heavy atom. The SMILES string of the molecule is CC(CC(=O)O)C1CCCN(C(=O)c2cc[nH]c(=O)c2)C1. The molecule has 1 fully saturated rings. The van der Waals surface area contributed by atoms with Crippen LogP contribution in [0.1, 0.15) is 36.5 Å². The lowest BCUT2D eigenvalue weighted by atomic mass is 9.84. The number of piperidine rings is 1. The average molecular weight is 292 g/mol. The molecular weight excluding hydrogens is 272 g/mol. The normalized spacial score (nSPS) is 20.0. The fourth-order valence-electron chi connectivity index (χ4n) is 2.86. The van der Waals surface area contributed by atoms with E-state index in [-0.39, 0.29) is 29.7 Å². The van der Waals surface area contributed by atoms with Gasteiger partial charge in [0.2, 0.25) is 5.56 Å². The highest BCUT2D eigenvalue weighted by Crippen LogP contribution is 2.26. The molecule has 0 radical (unpaired) electrons. The number of carbonyl (C=O) groups is 2. The van der Waals surface area contributed by atoms with Crippen LogP contribution in [0.4, 0.5) is 0 Å². The zero-order chi connectivity index (χ0) is 15.4. The summed E-state index contributed by atoms with van der Waals surface area (Å²) in [5, 5.41) is 8.88. The zero-order valence-electron chi connectivity index (χ0n) is 12.0. The van der Waals surface area contributed by atoms with Crippen LogP contribution in [0, 0.1) is 11.8 Å². The Labute approximate surface area is 122 Å². The number of pyridine rings is 1. The zero-order valence-corrected chi connectivity index (χ0v) is 12.0. The smallest absolute Gasteiger partial charge is 0.303 e. The fraction of sp³-hybridized carbons (Fsp3) is 0.533. The molecule has 2 unspecified atom stereocenters. The van der Waals surface area contributed by atoms with Crippen LogP contribution in [0.3, 0.4) is 0 Å². The van der Waals surface area contributed by atoms with Gasteiger partial charge in [0.15, 0.2) is 0 Å². The molecule has 6 heteroatoms. The van der Waals surface area contributed by atoms with Gasteiger partial charge in [0.1, 0.15) is 0 Å². The summed E-state index contributed by atoms with van der Waals surface area (Å²) in [6.45, 7) is 3.13. The number of carboxylic acid groups (broad SMARTS) is 1. The summed E-state index contributed by atoms with van der Waals surface area (Å²) in [4.78, 5) is 38.7. The van der Waals surface area contributed by atoms with Crippen molar-refractivity contribution in [2.24, 2.45) is 11.8 Å². The van der Waals surface area contributed by atoms with Gasteiger partial charge in [-0.15, -0.1) is 0 Å². The van der Waals surface area contributed by atoms with Gasteiger partial charge < -0.3 is 15.0 Å². The van der Waals surface area contributed by atoms with E-state index in [9.17, 15) is 14.4 Å². The van der Waals surface area contributed by atoms with Gasteiger partial charge in [-0.3, -0.25) is 14.4 Å². The Morgan fingerprint density at radius 3 is 2.95 bits per heavy atom. The van der Waals surface area contributed by atoms with Crippen molar-refractivity contribution in [2.45, 2.75) is 26.2 Å². The first-order valence-corrected chi connectivity index (χ1v) is 7.17. The van der Waals surface area contributed by atoms with Crippen molar-refractivity contribution in [2.75, 3.05) is 13.1 Å². The first-order chi connectivity index (χ1) is 9.97. The molecule has 0 aliphatic carbocycles. The third kappa shape index (κ3) is 3.93. The number of aromatic amines is 1. The molecule has 1 aromatic rings. The first-order valence-electron chi connectivity index (χ1n) is 7.17. The van der Waals surface area contributed by atoms with E-state index in [1.54, 1.807) is 11.0 Å². The molecule has 0 spiro atoms. The lowest BCUT2D eigenvalue weighted by Gasteiger charge is -2.35. The van der Waals surface area contributed by atoms with Gasteiger partial charge >= 0.3 is 5.97 Å². The van der Waals surface area contributed by atoms with Crippen LogP contribution in [0.2, 0.25) is 0 Å². The van der Waals surface area contributed by atoms with Gasteiger partial charge in [-0.2, -0.15) is 0 Å². The lowest BCUT2D eigenvalue weighted by Crippen LogP contribution is -2.42. The Hall–Kier alpha value is -2.11. The molecule has 0 bridgehead atoms. The van der Waals surface area contributed by atoms with E-state index in [1.165, 1.54) is 12.3 Å². The number of H-pyrrole nitrogens is 1. The molecule has 1 amide bonds. The van der Waals surface area contributed by atoms with Crippen molar-refractivity contribution in [1.29, 1.82) is 0 Å². The van der Waals surface area contributed by atoms with Crippen LogP contribution in [0.25, 0.3) is 0 Å². The molecule has 6 nitrogen and oxygen atoms in total. The number of carbonyl (C=O) groups excluding carboxylic acids is 1. The molecular formula is C15H20N2O4. The Bertz CT molecular complexity index is 581. The monoisotopic (exact) mass is 292 g/mol. The number of nitrogens with one attached hydrogen (secondary N) is 1. The summed E-state index contributed by atoms with van der Waals surface area (Å²) in [6.07, 6.45) is 3.39. The van der Waals surface area contributed by atoms with Crippen LogP contribution < -0.4 is 5.56 Å². The molecule has 2 rings (SSSR count). The predicted octanol–water partition coefficient (Wildman–Crippen LogP) is 1.34. The van der Waals surface area contributed by atoms with Crippen LogP contribution in [0.5, 0.6) is 0 Å². The number of nitrogens with zero attached hydrogens (tertiary/aromatic N) is 1. The molecule has 1 aliphatic heterocycles. The van der Waals surface area contributed by atoms with E-state index < -0.39 is 5.97 Å². The van der Waals surface area contributed by atoms with Crippen molar-refractivity contribution in [1.82, 2.24) is 9.88 Å². The van der Waals surface area contributed by atoms with Gasteiger partial charge in [0.25, 0.3) is 5.91 Å². The van der Waals surface area contributed by atoms with E-state index in [0.29, 0.717) is 18.7 Å². The number of carboxylic acids is 1. The number of hydrogen-bond acceptors (Lipinski definition) is 3. The quantitative estimate of drug-likeness (QED) is 0.876. The van der Waals surface area contributed by atoms with Crippen molar-refractivity contribution >= 4 is 11.9 Å². The van der Waals surface area contributed by atoms with Crippen molar-refractivity contribution in [3.05, 3.63) is 34.2 Å². The third-order valence-corrected chi connectivity index (χ3v) is 4.07. The molecule has 114 valence electrons. The Balaban J connectivity index is 2.05. The number of aliphatic carboxylic acids is 1. The number of rotatable bonds is 4. The molecule has 2 N–H and O–H groups in total. The molecule has 0 aromatic carbocycles. The second-order valence-corrected chi connectivity index (χ2v) is 5.67. The highest BCUT2D eigenvalue weighted by Gasteiger charge is 2.28. The largest absolute Gasteiger partial charge is 0.481 e. The summed E-state index contributed by atoms with van der Waals surface area (Å²) < 4.78 is 0. The van der Waals surface area contributed by atoms with Crippen molar-refractivity contribution in [3.8, 4) is 0 Å². The Kier molecular flexibility index (Phi) is 4.77. The third-order valence-electron chi connectivity index (χ3n) is 4.07. The van der Waals surface area contributed by atoms with E-state index in [2.05, 4.69) is 4.98 Å². The fourth-order valence-corrected chi connectivity index (χ4v) is 2.86. The van der Waals surface area contributed by atoms with Crippen molar-refractivity contribution < 1.29 is 14.7 Å². The molecule has 1 aromatic heterocycles. The molecule has 1 aliphatic rings. The highest BCUT2D eigenvalue weighted by atomic mass is 16.4. The van der Waals surface area contributed by atoms with E-state index in [1.807, 2.05) is 6.92 Å². The minimum Gasteiger partial charge on any atom is -0.481 e. The maximum absolute atomic E-state index is 12.4. The van der Waals surface area contributed by atoms with Crippen LogP contribution in [-0.4, -0.2) is 40.0 Å². The number of hydrogen-bond donors (Lipinski definition) is 2. The maximum Gasteiger partial charge on any atom is 0.303 e. The van der Waals surface area contributed by atoms with Gasteiger partial charge in [-0.25, -0.2) is 0 Å². The summed E-state index contributed by atoms with van der Waals surface area (Å²) in [6, 6.07) is 2.89. The minimum absolute atomic E-state index is 0.0391. The Morgan fingerprint density at radius 2 is 2.29 bits per heavy atom. The number of amides is 1. The predicted molar refractivity (Wildman–Crippen MR) is 77.1 cm³/mol. The average Bonchev–Trinajstić information content (AvgIpc) is 2.46. The first kappa shape index (κ1) is 15.3. The van der Waals surface area contributed by atoms with Crippen LogP contribution in [0.15, 0.2) is 23.1 Å².